The molecule has 1 N–H and O–H groups in total. The summed E-state index contributed by atoms with van der Waals surface area (Å²) in [6, 6.07) is 0.570. The topological polar surface area (TPSA) is 71.2 Å². The number of hydrogen-bond acceptors (Lipinski definition) is 4. The molecule has 3 aliphatic rings. The van der Waals surface area contributed by atoms with E-state index in [4.69, 9.17) is 0 Å². The Morgan fingerprint density at radius 3 is 2.75 bits per heavy atom. The fourth-order valence-electron chi connectivity index (χ4n) is 5.21. The lowest BCUT2D eigenvalue weighted by atomic mass is 9.75. The predicted molar refractivity (Wildman–Crippen MR) is 89.6 cm³/mol. The van der Waals surface area contributed by atoms with Gasteiger partial charge in [-0.15, -0.1) is 5.10 Å². The molecule has 3 fully saturated rings. The number of aliphatic hydroxyl groups excluding tert-OH is 1. The number of aliphatic hydroxyl groups is 1. The molecular formula is C18H28N4O2. The Balaban J connectivity index is 1.52. The van der Waals surface area contributed by atoms with Crippen LogP contribution in [0.25, 0.3) is 0 Å². The quantitative estimate of drug-likeness (QED) is 0.923. The maximum Gasteiger partial charge on any atom is 0.276 e. The molecule has 24 heavy (non-hydrogen) atoms. The van der Waals surface area contributed by atoms with Gasteiger partial charge in [-0.25, -0.2) is 4.68 Å². The molecule has 132 valence electrons. The fraction of sp³-hybridized carbons (Fsp3) is 0.833. The van der Waals surface area contributed by atoms with Crippen molar-refractivity contribution in [3.05, 3.63) is 11.9 Å². The third-order valence-corrected chi connectivity index (χ3v) is 6.56. The Morgan fingerprint density at radius 1 is 1.17 bits per heavy atom. The smallest absolute Gasteiger partial charge is 0.276 e. The third kappa shape index (κ3) is 2.65. The predicted octanol–water partition coefficient (Wildman–Crippen LogP) is 2.55. The summed E-state index contributed by atoms with van der Waals surface area (Å²) in [6.45, 7) is 0.970. The highest BCUT2D eigenvalue weighted by molar-refractivity contribution is 5.92. The van der Waals surface area contributed by atoms with Crippen molar-refractivity contribution in [2.45, 2.75) is 76.3 Å². The molecule has 1 aliphatic heterocycles. The van der Waals surface area contributed by atoms with Gasteiger partial charge in [-0.1, -0.05) is 30.9 Å². The van der Waals surface area contributed by atoms with Crippen LogP contribution in [-0.2, 0) is 0 Å². The Labute approximate surface area is 143 Å². The number of carbonyl (C=O) groups excluding carboxylic acids is 1. The zero-order valence-electron chi connectivity index (χ0n) is 14.4. The summed E-state index contributed by atoms with van der Waals surface area (Å²) in [5, 5.41) is 18.4. The van der Waals surface area contributed by atoms with Crippen molar-refractivity contribution in [3.8, 4) is 0 Å². The van der Waals surface area contributed by atoms with Gasteiger partial charge in [0, 0.05) is 18.0 Å². The zero-order valence-corrected chi connectivity index (χ0v) is 14.4. The standard InChI is InChI=1S/C18H28N4O2/c23-13-18-9-4-8-16(18)21(11-5-10-18)17(24)15-12-22(20-19-15)14-6-2-1-3-7-14/h12,14,16,23H,1-11,13H2/t16-,18-/m1/s1. The molecule has 0 aromatic carbocycles. The van der Waals surface area contributed by atoms with Gasteiger partial charge >= 0.3 is 0 Å². The molecule has 4 rings (SSSR count). The summed E-state index contributed by atoms with van der Waals surface area (Å²) in [6.07, 6.45) is 13.0. The summed E-state index contributed by atoms with van der Waals surface area (Å²) in [4.78, 5) is 15.0. The normalized spacial score (nSPS) is 31.2. The van der Waals surface area contributed by atoms with Gasteiger partial charge in [-0.3, -0.25) is 4.79 Å². The van der Waals surface area contributed by atoms with E-state index in [1.807, 2.05) is 15.8 Å². The monoisotopic (exact) mass is 332 g/mol. The van der Waals surface area contributed by atoms with Gasteiger partial charge in [0.05, 0.1) is 18.8 Å². The summed E-state index contributed by atoms with van der Waals surface area (Å²) in [5.41, 5.74) is 0.397. The molecule has 2 saturated carbocycles. The van der Waals surface area contributed by atoms with E-state index in [1.54, 1.807) is 0 Å². The van der Waals surface area contributed by atoms with E-state index in [2.05, 4.69) is 10.3 Å². The highest BCUT2D eigenvalue weighted by Crippen LogP contribution is 2.47. The lowest BCUT2D eigenvalue weighted by Gasteiger charge is -2.45. The number of likely N-dealkylation sites (tertiary alicyclic amines) is 1. The Morgan fingerprint density at radius 2 is 1.96 bits per heavy atom. The molecule has 0 spiro atoms. The summed E-state index contributed by atoms with van der Waals surface area (Å²) in [7, 11) is 0. The maximum absolute atomic E-state index is 13.0. The van der Waals surface area contributed by atoms with E-state index in [-0.39, 0.29) is 24.0 Å². The average Bonchev–Trinajstić information content (AvgIpc) is 3.29. The van der Waals surface area contributed by atoms with Crippen LogP contribution in [-0.4, -0.2) is 50.1 Å². The first kappa shape index (κ1) is 16.1. The van der Waals surface area contributed by atoms with Crippen molar-refractivity contribution >= 4 is 5.91 Å². The van der Waals surface area contributed by atoms with E-state index in [0.717, 1.165) is 51.5 Å². The van der Waals surface area contributed by atoms with E-state index in [1.165, 1.54) is 19.3 Å². The molecule has 2 heterocycles. The summed E-state index contributed by atoms with van der Waals surface area (Å²) < 4.78 is 1.91. The number of rotatable bonds is 3. The molecule has 6 heteroatoms. The van der Waals surface area contributed by atoms with Gasteiger partial charge in [0.1, 0.15) is 0 Å². The van der Waals surface area contributed by atoms with Crippen LogP contribution in [0.1, 0.15) is 80.7 Å². The van der Waals surface area contributed by atoms with Gasteiger partial charge in [-0.2, -0.15) is 0 Å². The van der Waals surface area contributed by atoms with Crippen LogP contribution in [0.2, 0.25) is 0 Å². The van der Waals surface area contributed by atoms with Crippen LogP contribution in [0.4, 0.5) is 0 Å². The lowest BCUT2D eigenvalue weighted by Crippen LogP contribution is -2.53. The number of hydrogen-bond donors (Lipinski definition) is 1. The first-order valence-corrected chi connectivity index (χ1v) is 9.57. The molecule has 1 amide bonds. The van der Waals surface area contributed by atoms with Crippen LogP contribution in [0.5, 0.6) is 0 Å². The molecule has 0 unspecified atom stereocenters. The highest BCUT2D eigenvalue weighted by atomic mass is 16.3. The SMILES string of the molecule is O=C(c1cn(C2CCCCC2)nn1)N1CCC[C@@]2(CO)CCC[C@@H]12. The maximum atomic E-state index is 13.0. The molecular weight excluding hydrogens is 304 g/mol. The molecule has 0 bridgehead atoms. The first-order chi connectivity index (χ1) is 11.7. The van der Waals surface area contributed by atoms with Crippen LogP contribution in [0.3, 0.4) is 0 Å². The van der Waals surface area contributed by atoms with E-state index in [0.29, 0.717) is 11.7 Å². The van der Waals surface area contributed by atoms with Crippen molar-refractivity contribution in [3.63, 3.8) is 0 Å². The second-order valence-electron chi connectivity index (χ2n) is 7.91. The highest BCUT2D eigenvalue weighted by Gasteiger charge is 2.49. The average molecular weight is 332 g/mol. The number of fused-ring (bicyclic) bond motifs is 1. The van der Waals surface area contributed by atoms with Gasteiger partial charge in [-0.05, 0) is 38.5 Å². The van der Waals surface area contributed by atoms with Gasteiger partial charge < -0.3 is 10.0 Å². The van der Waals surface area contributed by atoms with E-state index < -0.39 is 0 Å². The van der Waals surface area contributed by atoms with Crippen molar-refractivity contribution in [1.29, 1.82) is 0 Å². The van der Waals surface area contributed by atoms with Gasteiger partial charge in [0.15, 0.2) is 5.69 Å². The number of amides is 1. The zero-order chi connectivity index (χ0) is 16.6. The van der Waals surface area contributed by atoms with E-state index >= 15 is 0 Å². The molecule has 1 saturated heterocycles. The van der Waals surface area contributed by atoms with Crippen LogP contribution >= 0.6 is 0 Å². The molecule has 1 aromatic heterocycles. The number of piperidine rings is 1. The molecule has 6 nitrogen and oxygen atoms in total. The van der Waals surface area contributed by atoms with Crippen LogP contribution in [0, 0.1) is 5.41 Å². The molecule has 1 aromatic rings. The van der Waals surface area contributed by atoms with Crippen molar-refractivity contribution in [2.75, 3.05) is 13.2 Å². The number of aromatic nitrogens is 3. The Hall–Kier alpha value is -1.43. The Kier molecular flexibility index (Phi) is 4.33. The second-order valence-corrected chi connectivity index (χ2v) is 7.91. The first-order valence-electron chi connectivity index (χ1n) is 9.57. The molecule has 0 radical (unpaired) electrons. The molecule has 2 atom stereocenters. The van der Waals surface area contributed by atoms with Crippen molar-refractivity contribution in [1.82, 2.24) is 19.9 Å². The molecule has 2 aliphatic carbocycles. The Bertz CT molecular complexity index is 596. The van der Waals surface area contributed by atoms with Gasteiger partial charge in [0.25, 0.3) is 5.91 Å². The van der Waals surface area contributed by atoms with E-state index in [9.17, 15) is 9.90 Å². The van der Waals surface area contributed by atoms with Crippen molar-refractivity contribution in [2.24, 2.45) is 5.41 Å². The summed E-state index contributed by atoms with van der Waals surface area (Å²) >= 11 is 0. The summed E-state index contributed by atoms with van der Waals surface area (Å²) in [5.74, 6) is 0.00137. The lowest BCUT2D eigenvalue weighted by molar-refractivity contribution is -0.000680. The third-order valence-electron chi connectivity index (χ3n) is 6.56. The minimum absolute atomic E-state index is 0.00137. The number of carbonyl (C=O) groups is 1. The largest absolute Gasteiger partial charge is 0.396 e. The minimum atomic E-state index is -0.0761. The van der Waals surface area contributed by atoms with Gasteiger partial charge in [0.2, 0.25) is 0 Å². The fourth-order valence-corrected chi connectivity index (χ4v) is 5.21. The van der Waals surface area contributed by atoms with Crippen molar-refractivity contribution < 1.29 is 9.90 Å². The number of nitrogens with zero attached hydrogens (tertiary/aromatic N) is 4. The van der Waals surface area contributed by atoms with Crippen LogP contribution in [0.15, 0.2) is 6.20 Å². The van der Waals surface area contributed by atoms with Crippen LogP contribution < -0.4 is 0 Å². The second kappa shape index (κ2) is 6.47. The minimum Gasteiger partial charge on any atom is -0.396 e.